The summed E-state index contributed by atoms with van der Waals surface area (Å²) in [4.78, 5) is 39.3. The van der Waals surface area contributed by atoms with Gasteiger partial charge in [0.1, 0.15) is 23.2 Å². The number of nitrogens with one attached hydrogen (secondary N) is 1. The Labute approximate surface area is 185 Å². The third-order valence-electron chi connectivity index (χ3n) is 5.99. The molecule has 0 saturated heterocycles. The molecular weight excluding hydrogens is 414 g/mol. The highest BCUT2D eigenvalue weighted by Gasteiger charge is 2.49. The monoisotopic (exact) mass is 439 g/mol. The van der Waals surface area contributed by atoms with Crippen molar-refractivity contribution in [1.29, 1.82) is 0 Å². The molecule has 8 heteroatoms. The van der Waals surface area contributed by atoms with Crippen molar-refractivity contribution < 1.29 is 33.0 Å². The second-order valence-corrected chi connectivity index (χ2v) is 7.73. The first-order valence-corrected chi connectivity index (χ1v) is 10.5. The Morgan fingerprint density at radius 1 is 1.16 bits per heavy atom. The molecule has 0 unspecified atom stereocenters. The van der Waals surface area contributed by atoms with Crippen LogP contribution in [0, 0.1) is 5.92 Å². The van der Waals surface area contributed by atoms with Crippen LogP contribution in [0.25, 0.3) is 0 Å². The molecule has 4 rings (SSSR count). The Kier molecular flexibility index (Phi) is 6.03. The second kappa shape index (κ2) is 8.90. The van der Waals surface area contributed by atoms with Crippen LogP contribution in [-0.2, 0) is 19.1 Å². The number of carbonyl (C=O) groups excluding carboxylic acids is 3. The van der Waals surface area contributed by atoms with Crippen LogP contribution in [0.1, 0.15) is 42.9 Å². The minimum absolute atomic E-state index is 0.0507. The van der Waals surface area contributed by atoms with Crippen LogP contribution >= 0.6 is 0 Å². The molecule has 2 aliphatic rings. The van der Waals surface area contributed by atoms with Gasteiger partial charge in [-0.3, -0.25) is 14.4 Å². The summed E-state index contributed by atoms with van der Waals surface area (Å²) in [6.45, 7) is 1.85. The fraction of sp³-hybridized carbons (Fsp3) is 0.375. The van der Waals surface area contributed by atoms with Crippen LogP contribution in [0.2, 0.25) is 0 Å². The number of furan rings is 1. The largest absolute Gasteiger partial charge is 0.497 e. The van der Waals surface area contributed by atoms with Gasteiger partial charge in [0.25, 0.3) is 0 Å². The zero-order chi connectivity index (χ0) is 22.8. The van der Waals surface area contributed by atoms with E-state index in [9.17, 15) is 14.4 Å². The average molecular weight is 439 g/mol. The fourth-order valence-electron chi connectivity index (χ4n) is 4.60. The average Bonchev–Trinajstić information content (AvgIpc) is 3.32. The number of benzene rings is 1. The van der Waals surface area contributed by atoms with Gasteiger partial charge in [0.15, 0.2) is 5.78 Å². The summed E-state index contributed by atoms with van der Waals surface area (Å²) in [5.74, 6) is -1.78. The van der Waals surface area contributed by atoms with Gasteiger partial charge in [0.05, 0.1) is 27.1 Å². The van der Waals surface area contributed by atoms with E-state index >= 15 is 0 Å². The Hall–Kier alpha value is -3.55. The molecule has 1 amide bonds. The van der Waals surface area contributed by atoms with E-state index in [4.69, 9.17) is 18.6 Å². The highest BCUT2D eigenvalue weighted by Crippen LogP contribution is 2.47. The van der Waals surface area contributed by atoms with Crippen molar-refractivity contribution in [2.45, 2.75) is 31.6 Å². The number of ether oxygens (including phenoxy) is 3. The van der Waals surface area contributed by atoms with Crippen LogP contribution in [0.15, 0.2) is 52.3 Å². The lowest BCUT2D eigenvalue weighted by Crippen LogP contribution is -2.44. The lowest BCUT2D eigenvalue weighted by Gasteiger charge is -2.37. The SMILES string of the molecule is CCOC(=O)[C@@H]1C(=O)C2=C(C[C@H]1c1ccco1)NC(=O)C[C@H]2c1cc(OC)ccc1OC. The Balaban J connectivity index is 1.85. The minimum atomic E-state index is -1.06. The normalized spacial score (nSPS) is 22.8. The Morgan fingerprint density at radius 2 is 1.97 bits per heavy atom. The van der Waals surface area contributed by atoms with Crippen LogP contribution in [0.3, 0.4) is 0 Å². The molecule has 0 fully saturated rings. The predicted molar refractivity (Wildman–Crippen MR) is 113 cm³/mol. The van der Waals surface area contributed by atoms with E-state index in [2.05, 4.69) is 5.32 Å². The van der Waals surface area contributed by atoms with Crippen LogP contribution < -0.4 is 14.8 Å². The molecule has 0 saturated carbocycles. The molecule has 0 bridgehead atoms. The number of methoxy groups -OCH3 is 2. The summed E-state index contributed by atoms with van der Waals surface area (Å²) in [5, 5.41) is 2.85. The summed E-state index contributed by atoms with van der Waals surface area (Å²) in [5.41, 5.74) is 1.56. The zero-order valence-corrected chi connectivity index (χ0v) is 18.2. The maximum absolute atomic E-state index is 13.8. The molecule has 1 aromatic carbocycles. The van der Waals surface area contributed by atoms with E-state index in [1.54, 1.807) is 44.4 Å². The van der Waals surface area contributed by atoms with Gasteiger partial charge >= 0.3 is 5.97 Å². The van der Waals surface area contributed by atoms with Gasteiger partial charge in [0, 0.05) is 35.1 Å². The number of rotatable bonds is 6. The molecule has 1 N–H and O–H groups in total. The molecule has 2 aromatic rings. The Bertz CT molecular complexity index is 1070. The summed E-state index contributed by atoms with van der Waals surface area (Å²) >= 11 is 0. The summed E-state index contributed by atoms with van der Waals surface area (Å²) < 4.78 is 21.6. The molecule has 168 valence electrons. The smallest absolute Gasteiger partial charge is 0.317 e. The number of Topliss-reactive ketones (excluding diaryl/α,β-unsaturated/α-hetero) is 1. The standard InChI is InChI=1S/C24H25NO7/c1-4-31-24(28)22-16(19-6-5-9-32-19)11-17-21(23(22)27)15(12-20(26)25-17)14-10-13(29-2)7-8-18(14)30-3/h5-10,15-16,22H,4,11-12H2,1-3H3,(H,25,26)/t15-,16-,22-/m0/s1. The lowest BCUT2D eigenvalue weighted by molar-refractivity contribution is -0.152. The van der Waals surface area contributed by atoms with Gasteiger partial charge < -0.3 is 23.9 Å². The van der Waals surface area contributed by atoms with E-state index in [-0.39, 0.29) is 31.1 Å². The van der Waals surface area contributed by atoms with Crippen LogP contribution in [0.4, 0.5) is 0 Å². The fourth-order valence-corrected chi connectivity index (χ4v) is 4.60. The maximum Gasteiger partial charge on any atom is 0.317 e. The summed E-state index contributed by atoms with van der Waals surface area (Å²) in [6, 6.07) is 8.68. The number of allylic oxidation sites excluding steroid dienone is 2. The van der Waals surface area contributed by atoms with Gasteiger partial charge in [-0.1, -0.05) is 0 Å². The predicted octanol–water partition coefficient (Wildman–Crippen LogP) is 3.09. The highest BCUT2D eigenvalue weighted by atomic mass is 16.5. The van der Waals surface area contributed by atoms with Gasteiger partial charge in [-0.15, -0.1) is 0 Å². The van der Waals surface area contributed by atoms with Gasteiger partial charge in [-0.2, -0.15) is 0 Å². The van der Waals surface area contributed by atoms with Crippen LogP contribution in [0.5, 0.6) is 11.5 Å². The van der Waals surface area contributed by atoms with Crippen molar-refractivity contribution in [3.63, 3.8) is 0 Å². The van der Waals surface area contributed by atoms with Crippen molar-refractivity contribution in [1.82, 2.24) is 5.32 Å². The first kappa shape index (κ1) is 21.7. The van der Waals surface area contributed by atoms with E-state index in [0.29, 0.717) is 34.1 Å². The molecule has 1 aliphatic heterocycles. The van der Waals surface area contributed by atoms with E-state index in [1.807, 2.05) is 0 Å². The number of carbonyl (C=O) groups is 3. The summed E-state index contributed by atoms with van der Waals surface area (Å²) in [6.07, 6.45) is 1.82. The molecule has 3 atom stereocenters. The topological polar surface area (TPSA) is 104 Å². The van der Waals surface area contributed by atoms with Crippen LogP contribution in [-0.4, -0.2) is 38.5 Å². The van der Waals surface area contributed by atoms with Crippen molar-refractivity contribution in [2.75, 3.05) is 20.8 Å². The number of amides is 1. The molecule has 1 aromatic heterocycles. The molecule has 0 radical (unpaired) electrons. The lowest BCUT2D eigenvalue weighted by atomic mass is 9.69. The third-order valence-corrected chi connectivity index (χ3v) is 5.99. The number of hydrogen-bond acceptors (Lipinski definition) is 7. The summed E-state index contributed by atoms with van der Waals surface area (Å²) in [7, 11) is 3.07. The molecule has 8 nitrogen and oxygen atoms in total. The van der Waals surface area contributed by atoms with Crippen molar-refractivity contribution in [3.8, 4) is 11.5 Å². The minimum Gasteiger partial charge on any atom is -0.497 e. The van der Waals surface area contributed by atoms with Crippen molar-refractivity contribution >= 4 is 17.7 Å². The number of hydrogen-bond donors (Lipinski definition) is 1. The molecule has 2 heterocycles. The third kappa shape index (κ3) is 3.77. The second-order valence-electron chi connectivity index (χ2n) is 7.73. The van der Waals surface area contributed by atoms with Gasteiger partial charge in [-0.25, -0.2) is 0 Å². The van der Waals surface area contributed by atoms with Gasteiger partial charge in [0.2, 0.25) is 5.91 Å². The molecule has 1 aliphatic carbocycles. The van der Waals surface area contributed by atoms with E-state index in [1.165, 1.54) is 13.4 Å². The highest BCUT2D eigenvalue weighted by molar-refractivity contribution is 6.12. The van der Waals surface area contributed by atoms with Crippen molar-refractivity contribution in [2.24, 2.45) is 5.92 Å². The number of ketones is 1. The number of esters is 1. The van der Waals surface area contributed by atoms with E-state index in [0.717, 1.165) is 0 Å². The molecule has 32 heavy (non-hydrogen) atoms. The molecular formula is C24H25NO7. The maximum atomic E-state index is 13.8. The zero-order valence-electron chi connectivity index (χ0n) is 18.2. The quantitative estimate of drug-likeness (QED) is 0.545. The Morgan fingerprint density at radius 3 is 2.62 bits per heavy atom. The first-order valence-electron chi connectivity index (χ1n) is 10.5. The molecule has 0 spiro atoms. The first-order chi connectivity index (χ1) is 15.5. The van der Waals surface area contributed by atoms with E-state index < -0.39 is 23.7 Å². The van der Waals surface area contributed by atoms with Gasteiger partial charge in [-0.05, 0) is 43.7 Å². The van der Waals surface area contributed by atoms with Crippen molar-refractivity contribution in [3.05, 3.63) is 59.2 Å².